The van der Waals surface area contributed by atoms with E-state index < -0.39 is 0 Å². The molecule has 1 rings (SSSR count). The Bertz CT molecular complexity index is 263. The van der Waals surface area contributed by atoms with Crippen LogP contribution in [-0.2, 0) is 6.61 Å². The first-order valence-corrected chi connectivity index (χ1v) is 5.05. The van der Waals surface area contributed by atoms with Gasteiger partial charge in [-0.15, -0.1) is 0 Å². The van der Waals surface area contributed by atoms with E-state index in [1.165, 1.54) is 12.8 Å². The zero-order valence-electron chi connectivity index (χ0n) is 8.57. The maximum atomic E-state index is 8.85. The van der Waals surface area contributed by atoms with E-state index in [-0.39, 0.29) is 6.61 Å². The lowest BCUT2D eigenvalue weighted by molar-refractivity contribution is 0.273. The van der Waals surface area contributed by atoms with Crippen LogP contribution in [0.25, 0.3) is 0 Å². The molecule has 3 nitrogen and oxygen atoms in total. The molecule has 0 aromatic carbocycles. The lowest BCUT2D eigenvalue weighted by Gasteiger charge is -2.05. The van der Waals surface area contributed by atoms with Crippen LogP contribution in [0.15, 0.2) is 18.3 Å². The van der Waals surface area contributed by atoms with E-state index in [2.05, 4.69) is 11.9 Å². The summed E-state index contributed by atoms with van der Waals surface area (Å²) < 4.78 is 5.50. The molecule has 0 aliphatic rings. The highest BCUT2D eigenvalue weighted by Gasteiger charge is 1.96. The summed E-state index contributed by atoms with van der Waals surface area (Å²) in [4.78, 5) is 3.97. The standard InChI is InChI=1S/C11H17NO2/c1-2-3-4-7-14-11-5-6-12-10(8-11)9-13/h5-6,8,13H,2-4,7,9H2,1H3. The molecule has 1 heterocycles. The molecule has 0 amide bonds. The van der Waals surface area contributed by atoms with Gasteiger partial charge in [0, 0.05) is 12.3 Å². The third-order valence-corrected chi connectivity index (χ3v) is 1.97. The van der Waals surface area contributed by atoms with E-state index >= 15 is 0 Å². The quantitative estimate of drug-likeness (QED) is 0.707. The van der Waals surface area contributed by atoms with Crippen LogP contribution in [0.3, 0.4) is 0 Å². The van der Waals surface area contributed by atoms with E-state index in [4.69, 9.17) is 9.84 Å². The van der Waals surface area contributed by atoms with Gasteiger partial charge in [0.2, 0.25) is 0 Å². The minimum absolute atomic E-state index is 0.0356. The monoisotopic (exact) mass is 195 g/mol. The van der Waals surface area contributed by atoms with E-state index in [0.717, 1.165) is 18.8 Å². The van der Waals surface area contributed by atoms with Gasteiger partial charge in [-0.25, -0.2) is 0 Å². The molecule has 0 atom stereocenters. The maximum Gasteiger partial charge on any atom is 0.122 e. The van der Waals surface area contributed by atoms with Gasteiger partial charge in [-0.1, -0.05) is 19.8 Å². The first kappa shape index (κ1) is 11.0. The summed E-state index contributed by atoms with van der Waals surface area (Å²) >= 11 is 0. The summed E-state index contributed by atoms with van der Waals surface area (Å²) in [5, 5.41) is 8.85. The van der Waals surface area contributed by atoms with Crippen molar-refractivity contribution in [2.45, 2.75) is 32.8 Å². The van der Waals surface area contributed by atoms with Crippen LogP contribution in [0.1, 0.15) is 31.9 Å². The Morgan fingerprint density at radius 2 is 2.29 bits per heavy atom. The lowest BCUT2D eigenvalue weighted by atomic mass is 10.3. The molecule has 3 heteroatoms. The van der Waals surface area contributed by atoms with Crippen molar-refractivity contribution in [3.63, 3.8) is 0 Å². The number of ether oxygens (including phenoxy) is 1. The molecule has 0 unspecified atom stereocenters. The van der Waals surface area contributed by atoms with Crippen molar-refractivity contribution < 1.29 is 9.84 Å². The van der Waals surface area contributed by atoms with Crippen molar-refractivity contribution in [1.82, 2.24) is 4.98 Å². The highest BCUT2D eigenvalue weighted by molar-refractivity contribution is 5.22. The van der Waals surface area contributed by atoms with Crippen LogP contribution >= 0.6 is 0 Å². The van der Waals surface area contributed by atoms with Gasteiger partial charge in [-0.3, -0.25) is 4.98 Å². The van der Waals surface area contributed by atoms with Crippen molar-refractivity contribution in [2.75, 3.05) is 6.61 Å². The third-order valence-electron chi connectivity index (χ3n) is 1.97. The van der Waals surface area contributed by atoms with Crippen LogP contribution in [0.4, 0.5) is 0 Å². The summed E-state index contributed by atoms with van der Waals surface area (Å²) in [7, 11) is 0. The lowest BCUT2D eigenvalue weighted by Crippen LogP contribution is -1.98. The number of hydrogen-bond acceptors (Lipinski definition) is 3. The van der Waals surface area contributed by atoms with Gasteiger partial charge < -0.3 is 9.84 Å². The molecular formula is C11H17NO2. The van der Waals surface area contributed by atoms with Crippen LogP contribution in [0, 0.1) is 0 Å². The number of rotatable bonds is 6. The summed E-state index contributed by atoms with van der Waals surface area (Å²) in [6, 6.07) is 3.58. The Hall–Kier alpha value is -1.09. The third kappa shape index (κ3) is 3.75. The molecule has 0 saturated carbocycles. The first-order valence-electron chi connectivity index (χ1n) is 5.05. The number of nitrogens with zero attached hydrogens (tertiary/aromatic N) is 1. The number of hydrogen-bond donors (Lipinski definition) is 1. The SMILES string of the molecule is CCCCCOc1ccnc(CO)c1. The highest BCUT2D eigenvalue weighted by Crippen LogP contribution is 2.11. The molecule has 1 aromatic heterocycles. The van der Waals surface area contributed by atoms with E-state index in [1.54, 1.807) is 12.3 Å². The van der Waals surface area contributed by atoms with Gasteiger partial charge in [-0.2, -0.15) is 0 Å². The normalized spacial score (nSPS) is 10.1. The van der Waals surface area contributed by atoms with Crippen LogP contribution in [0.5, 0.6) is 5.75 Å². The van der Waals surface area contributed by atoms with Crippen molar-refractivity contribution in [3.8, 4) is 5.75 Å². The fourth-order valence-corrected chi connectivity index (χ4v) is 1.17. The van der Waals surface area contributed by atoms with Crippen LogP contribution in [-0.4, -0.2) is 16.7 Å². The minimum atomic E-state index is -0.0356. The Morgan fingerprint density at radius 3 is 3.00 bits per heavy atom. The number of aliphatic hydroxyl groups is 1. The van der Waals surface area contributed by atoms with Crippen molar-refractivity contribution >= 4 is 0 Å². The Labute approximate surface area is 84.7 Å². The Balaban J connectivity index is 2.34. The first-order chi connectivity index (χ1) is 6.86. The summed E-state index contributed by atoms with van der Waals surface area (Å²) in [5.41, 5.74) is 0.651. The number of aromatic nitrogens is 1. The number of pyridine rings is 1. The highest BCUT2D eigenvalue weighted by atomic mass is 16.5. The molecule has 1 aromatic rings. The Morgan fingerprint density at radius 1 is 1.43 bits per heavy atom. The summed E-state index contributed by atoms with van der Waals surface area (Å²) in [6.07, 6.45) is 5.12. The van der Waals surface area contributed by atoms with Gasteiger partial charge in [0.25, 0.3) is 0 Å². The van der Waals surface area contributed by atoms with Crippen molar-refractivity contribution in [1.29, 1.82) is 0 Å². The summed E-state index contributed by atoms with van der Waals surface area (Å²) in [6.45, 7) is 2.87. The van der Waals surface area contributed by atoms with Crippen molar-refractivity contribution in [3.05, 3.63) is 24.0 Å². The molecule has 0 fully saturated rings. The van der Waals surface area contributed by atoms with Crippen LogP contribution < -0.4 is 4.74 Å². The predicted octanol–water partition coefficient (Wildman–Crippen LogP) is 2.14. The molecule has 0 bridgehead atoms. The molecule has 1 N–H and O–H groups in total. The fraction of sp³-hybridized carbons (Fsp3) is 0.545. The molecule has 0 aliphatic carbocycles. The number of aliphatic hydroxyl groups excluding tert-OH is 1. The van der Waals surface area contributed by atoms with Gasteiger partial charge in [0.05, 0.1) is 18.9 Å². The molecule has 0 radical (unpaired) electrons. The van der Waals surface area contributed by atoms with Gasteiger partial charge in [0.15, 0.2) is 0 Å². The average Bonchev–Trinajstić information content (AvgIpc) is 2.25. The molecule has 0 saturated heterocycles. The zero-order valence-corrected chi connectivity index (χ0v) is 8.57. The average molecular weight is 195 g/mol. The number of unbranched alkanes of at least 4 members (excludes halogenated alkanes) is 2. The second-order valence-corrected chi connectivity index (χ2v) is 3.20. The van der Waals surface area contributed by atoms with Gasteiger partial charge >= 0.3 is 0 Å². The van der Waals surface area contributed by atoms with E-state index in [9.17, 15) is 0 Å². The zero-order chi connectivity index (χ0) is 10.2. The van der Waals surface area contributed by atoms with E-state index in [0.29, 0.717) is 5.69 Å². The topological polar surface area (TPSA) is 42.4 Å². The molecular weight excluding hydrogens is 178 g/mol. The van der Waals surface area contributed by atoms with Crippen molar-refractivity contribution in [2.24, 2.45) is 0 Å². The Kier molecular flexibility index (Phi) is 5.00. The fourth-order valence-electron chi connectivity index (χ4n) is 1.17. The molecule has 0 aliphatic heterocycles. The van der Waals surface area contributed by atoms with E-state index in [1.807, 2.05) is 6.07 Å². The molecule has 78 valence electrons. The minimum Gasteiger partial charge on any atom is -0.493 e. The smallest absolute Gasteiger partial charge is 0.122 e. The predicted molar refractivity (Wildman–Crippen MR) is 55.2 cm³/mol. The second kappa shape index (κ2) is 6.38. The van der Waals surface area contributed by atoms with Gasteiger partial charge in [0.1, 0.15) is 5.75 Å². The molecule has 0 spiro atoms. The van der Waals surface area contributed by atoms with Gasteiger partial charge in [-0.05, 0) is 12.5 Å². The summed E-state index contributed by atoms with van der Waals surface area (Å²) in [5.74, 6) is 0.792. The van der Waals surface area contributed by atoms with Crippen LogP contribution in [0.2, 0.25) is 0 Å². The molecule has 14 heavy (non-hydrogen) atoms. The maximum absolute atomic E-state index is 8.85. The largest absolute Gasteiger partial charge is 0.493 e. The second-order valence-electron chi connectivity index (χ2n) is 3.20.